The highest BCUT2D eigenvalue weighted by atomic mass is 16.4. The monoisotopic (exact) mass is 190 g/mol. The van der Waals surface area contributed by atoms with Gasteiger partial charge < -0.3 is 4.42 Å². The zero-order valence-electron chi connectivity index (χ0n) is 7.11. The van der Waals surface area contributed by atoms with E-state index in [0.717, 1.165) is 5.56 Å². The highest BCUT2D eigenvalue weighted by molar-refractivity contribution is 5.72. The van der Waals surface area contributed by atoms with Crippen LogP contribution in [0.2, 0.25) is 0 Å². The molecule has 0 aliphatic heterocycles. The van der Waals surface area contributed by atoms with E-state index in [2.05, 4.69) is 9.98 Å². The molecule has 0 atom stereocenters. The predicted octanol–water partition coefficient (Wildman–Crippen LogP) is 0.957. The number of oxazole rings is 1. The van der Waals surface area contributed by atoms with Crippen molar-refractivity contribution in [1.82, 2.24) is 4.98 Å². The molecule has 2 aromatic rings. The Morgan fingerprint density at radius 1 is 1.50 bits per heavy atom. The molecule has 5 nitrogen and oxygen atoms in total. The first-order valence-corrected chi connectivity index (χ1v) is 3.95. The Balaban J connectivity index is 2.50. The molecule has 1 aromatic heterocycles. The standard InChI is InChI=1S/C9H6N2O3/c12-5-10-4-6-1-2-7-8(3-6)14-9(13)11-7/h1-3H,4H2,(H,11,13). The minimum Gasteiger partial charge on any atom is -0.408 e. The SMILES string of the molecule is O=C=NCc1ccc2[nH]c(=O)oc2c1. The lowest BCUT2D eigenvalue weighted by Crippen LogP contribution is -1.92. The quantitative estimate of drug-likeness (QED) is 0.566. The molecule has 0 amide bonds. The molecule has 1 heterocycles. The molecule has 0 aliphatic carbocycles. The second-order valence-electron chi connectivity index (χ2n) is 2.75. The van der Waals surface area contributed by atoms with Crippen molar-refractivity contribution < 1.29 is 9.21 Å². The number of nitrogens with zero attached hydrogens (tertiary/aromatic N) is 1. The molecule has 0 fully saturated rings. The van der Waals surface area contributed by atoms with Crippen molar-refractivity contribution in [2.75, 3.05) is 0 Å². The zero-order chi connectivity index (χ0) is 9.97. The molecule has 5 heteroatoms. The summed E-state index contributed by atoms with van der Waals surface area (Å²) in [5.74, 6) is -0.490. The van der Waals surface area contributed by atoms with Crippen LogP contribution in [0.4, 0.5) is 0 Å². The fourth-order valence-electron chi connectivity index (χ4n) is 1.21. The third kappa shape index (κ3) is 1.48. The Hall–Kier alpha value is -2.13. The Morgan fingerprint density at radius 3 is 3.14 bits per heavy atom. The van der Waals surface area contributed by atoms with Crippen molar-refractivity contribution in [1.29, 1.82) is 0 Å². The molecule has 1 N–H and O–H groups in total. The van der Waals surface area contributed by atoms with Crippen LogP contribution in [0.3, 0.4) is 0 Å². The number of benzene rings is 1. The van der Waals surface area contributed by atoms with Gasteiger partial charge >= 0.3 is 5.76 Å². The molecule has 0 spiro atoms. The van der Waals surface area contributed by atoms with E-state index in [0.29, 0.717) is 11.1 Å². The smallest absolute Gasteiger partial charge is 0.408 e. The van der Waals surface area contributed by atoms with E-state index in [1.165, 1.54) is 6.08 Å². The first-order valence-electron chi connectivity index (χ1n) is 3.95. The Bertz CT molecular complexity index is 561. The van der Waals surface area contributed by atoms with Gasteiger partial charge in [0, 0.05) is 0 Å². The summed E-state index contributed by atoms with van der Waals surface area (Å²) in [7, 11) is 0. The Kier molecular flexibility index (Phi) is 2.01. The summed E-state index contributed by atoms with van der Waals surface area (Å²) in [6, 6.07) is 5.12. The van der Waals surface area contributed by atoms with Crippen molar-refractivity contribution in [2.24, 2.45) is 4.99 Å². The number of hydrogen-bond donors (Lipinski definition) is 1. The van der Waals surface area contributed by atoms with Gasteiger partial charge in [-0.25, -0.2) is 14.6 Å². The van der Waals surface area contributed by atoms with Gasteiger partial charge in [-0.1, -0.05) is 6.07 Å². The summed E-state index contributed by atoms with van der Waals surface area (Å²) >= 11 is 0. The fraction of sp³-hybridized carbons (Fsp3) is 0.111. The Morgan fingerprint density at radius 2 is 2.36 bits per heavy atom. The molecule has 1 aromatic carbocycles. The van der Waals surface area contributed by atoms with Crippen molar-refractivity contribution in [3.05, 3.63) is 34.3 Å². The third-order valence-corrected chi connectivity index (χ3v) is 1.81. The van der Waals surface area contributed by atoms with Crippen LogP contribution in [-0.4, -0.2) is 11.1 Å². The molecular formula is C9H6N2O3. The van der Waals surface area contributed by atoms with E-state index < -0.39 is 5.76 Å². The highest BCUT2D eigenvalue weighted by Crippen LogP contribution is 2.12. The van der Waals surface area contributed by atoms with Gasteiger partial charge in [-0.3, -0.25) is 4.98 Å². The average Bonchev–Trinajstić information content (AvgIpc) is 2.54. The van der Waals surface area contributed by atoms with Crippen LogP contribution in [0.1, 0.15) is 5.56 Å². The second kappa shape index (κ2) is 3.32. The zero-order valence-corrected chi connectivity index (χ0v) is 7.11. The van der Waals surface area contributed by atoms with Gasteiger partial charge in [-0.05, 0) is 17.7 Å². The molecule has 70 valence electrons. The summed E-state index contributed by atoms with van der Waals surface area (Å²) in [6.07, 6.45) is 1.44. The van der Waals surface area contributed by atoms with Crippen LogP contribution < -0.4 is 5.76 Å². The van der Waals surface area contributed by atoms with Crippen molar-refractivity contribution in [3.8, 4) is 0 Å². The van der Waals surface area contributed by atoms with Crippen LogP contribution >= 0.6 is 0 Å². The van der Waals surface area contributed by atoms with Crippen molar-refractivity contribution in [3.63, 3.8) is 0 Å². The average molecular weight is 190 g/mol. The van der Waals surface area contributed by atoms with Crippen molar-refractivity contribution in [2.45, 2.75) is 6.54 Å². The van der Waals surface area contributed by atoms with Crippen LogP contribution in [0.25, 0.3) is 11.1 Å². The molecule has 14 heavy (non-hydrogen) atoms. The molecule has 0 saturated heterocycles. The van der Waals surface area contributed by atoms with Gasteiger partial charge in [0.1, 0.15) is 0 Å². The molecular weight excluding hydrogens is 184 g/mol. The van der Waals surface area contributed by atoms with E-state index in [4.69, 9.17) is 4.42 Å². The first kappa shape index (κ1) is 8.47. The number of carbonyl (C=O) groups excluding carboxylic acids is 1. The maximum absolute atomic E-state index is 10.8. The van der Waals surface area contributed by atoms with E-state index in [1.54, 1.807) is 18.2 Å². The molecule has 0 bridgehead atoms. The summed E-state index contributed by atoms with van der Waals surface area (Å²) in [6.45, 7) is 0.244. The van der Waals surface area contributed by atoms with Gasteiger partial charge in [0.15, 0.2) is 5.58 Å². The van der Waals surface area contributed by atoms with E-state index >= 15 is 0 Å². The number of fused-ring (bicyclic) bond motifs is 1. The number of isocyanates is 1. The maximum Gasteiger partial charge on any atom is 0.417 e. The Labute approximate surface area is 78.1 Å². The highest BCUT2D eigenvalue weighted by Gasteiger charge is 2.01. The number of hydrogen-bond acceptors (Lipinski definition) is 4. The minimum absolute atomic E-state index is 0.244. The van der Waals surface area contributed by atoms with Gasteiger partial charge in [-0.15, -0.1) is 0 Å². The third-order valence-electron chi connectivity index (χ3n) is 1.81. The lowest BCUT2D eigenvalue weighted by Gasteiger charge is -1.92. The van der Waals surface area contributed by atoms with E-state index in [9.17, 15) is 9.59 Å². The first-order chi connectivity index (χ1) is 6.79. The lowest BCUT2D eigenvalue weighted by molar-refractivity contribution is 0.554. The number of aromatic nitrogens is 1. The minimum atomic E-state index is -0.490. The molecule has 0 radical (unpaired) electrons. The van der Waals surface area contributed by atoms with E-state index in [-0.39, 0.29) is 6.54 Å². The van der Waals surface area contributed by atoms with Gasteiger partial charge in [0.05, 0.1) is 12.1 Å². The molecule has 0 aliphatic rings. The normalized spacial score (nSPS) is 10.0. The summed E-state index contributed by atoms with van der Waals surface area (Å²) < 4.78 is 4.84. The summed E-state index contributed by atoms with van der Waals surface area (Å²) in [4.78, 5) is 26.6. The van der Waals surface area contributed by atoms with Gasteiger partial charge in [-0.2, -0.15) is 0 Å². The van der Waals surface area contributed by atoms with Gasteiger partial charge in [0.25, 0.3) is 0 Å². The number of nitrogens with one attached hydrogen (secondary N) is 1. The summed E-state index contributed by atoms with van der Waals surface area (Å²) in [5, 5.41) is 0. The van der Waals surface area contributed by atoms with Crippen LogP contribution in [0.5, 0.6) is 0 Å². The number of rotatable bonds is 2. The maximum atomic E-state index is 10.8. The molecule has 0 saturated carbocycles. The van der Waals surface area contributed by atoms with Crippen LogP contribution in [-0.2, 0) is 11.3 Å². The summed E-state index contributed by atoms with van der Waals surface area (Å²) in [5.41, 5.74) is 1.89. The predicted molar refractivity (Wildman–Crippen MR) is 48.7 cm³/mol. The van der Waals surface area contributed by atoms with E-state index in [1.807, 2.05) is 0 Å². The largest absolute Gasteiger partial charge is 0.417 e. The number of aromatic amines is 1. The number of aliphatic imine (C=N–C) groups is 1. The molecule has 2 rings (SSSR count). The molecule has 0 unspecified atom stereocenters. The topological polar surface area (TPSA) is 75.4 Å². The second-order valence-corrected chi connectivity index (χ2v) is 2.75. The van der Waals surface area contributed by atoms with Crippen LogP contribution in [0, 0.1) is 0 Å². The number of H-pyrrole nitrogens is 1. The fourth-order valence-corrected chi connectivity index (χ4v) is 1.21. The van der Waals surface area contributed by atoms with Crippen LogP contribution in [0.15, 0.2) is 32.4 Å². The van der Waals surface area contributed by atoms with Gasteiger partial charge in [0.2, 0.25) is 6.08 Å². The van der Waals surface area contributed by atoms with Crippen molar-refractivity contribution >= 4 is 17.2 Å². The lowest BCUT2D eigenvalue weighted by atomic mass is 10.2.